The number of aryl methyl sites for hydroxylation is 1. The number of nitrogens with two attached hydrogens (primary N) is 1. The highest BCUT2D eigenvalue weighted by molar-refractivity contribution is 8.12. The first-order valence-corrected chi connectivity index (χ1v) is 4.94. The van der Waals surface area contributed by atoms with E-state index in [-0.39, 0.29) is 5.17 Å². The fourth-order valence-electron chi connectivity index (χ4n) is 0.854. The molecular formula is C6H12N6S. The maximum Gasteiger partial charge on any atom is 0.161 e. The second-order valence-corrected chi connectivity index (χ2v) is 3.49. The topological polar surface area (TPSA) is 93.5 Å². The summed E-state index contributed by atoms with van der Waals surface area (Å²) in [6, 6.07) is 0. The minimum atomic E-state index is 0.0889. The van der Waals surface area contributed by atoms with Crippen LogP contribution in [-0.4, -0.2) is 25.4 Å². The predicted octanol–water partition coefficient (Wildman–Crippen LogP) is 0.210. The van der Waals surface area contributed by atoms with E-state index in [1.165, 1.54) is 11.8 Å². The zero-order chi connectivity index (χ0) is 9.68. The zero-order valence-corrected chi connectivity index (χ0v) is 8.21. The van der Waals surface area contributed by atoms with Crippen LogP contribution in [0.5, 0.6) is 0 Å². The third kappa shape index (κ3) is 3.02. The Balaban J connectivity index is 2.54. The first-order valence-electron chi connectivity index (χ1n) is 3.96. The number of aromatic nitrogens is 4. The van der Waals surface area contributed by atoms with Crippen molar-refractivity contribution in [3.05, 3.63) is 5.82 Å². The maximum absolute atomic E-state index is 7.03. The summed E-state index contributed by atoms with van der Waals surface area (Å²) in [6.07, 6.45) is 0.989. The molecule has 6 nitrogen and oxygen atoms in total. The number of hydrogen-bond acceptors (Lipinski definition) is 5. The molecule has 1 rings (SSSR count). The molecule has 1 aromatic rings. The molecule has 0 spiro atoms. The van der Waals surface area contributed by atoms with Crippen LogP contribution in [0.2, 0.25) is 0 Å². The molecule has 1 heterocycles. The fourth-order valence-corrected chi connectivity index (χ4v) is 1.35. The summed E-state index contributed by atoms with van der Waals surface area (Å²) in [7, 11) is 0. The number of rotatable bonds is 4. The van der Waals surface area contributed by atoms with E-state index in [4.69, 9.17) is 11.1 Å². The molecule has 0 amide bonds. The van der Waals surface area contributed by atoms with Crippen molar-refractivity contribution in [2.45, 2.75) is 25.6 Å². The number of thioether (sulfide) groups is 1. The van der Waals surface area contributed by atoms with Crippen molar-refractivity contribution in [2.24, 2.45) is 5.73 Å². The molecule has 7 heteroatoms. The molecule has 0 atom stereocenters. The van der Waals surface area contributed by atoms with Gasteiger partial charge in [0.05, 0.1) is 5.75 Å². The van der Waals surface area contributed by atoms with Crippen molar-refractivity contribution in [2.75, 3.05) is 0 Å². The molecule has 0 radical (unpaired) electrons. The van der Waals surface area contributed by atoms with Gasteiger partial charge >= 0.3 is 0 Å². The number of nitrogens with one attached hydrogen (secondary N) is 1. The molecule has 13 heavy (non-hydrogen) atoms. The largest absolute Gasteiger partial charge is 0.379 e. The quantitative estimate of drug-likeness (QED) is 0.535. The van der Waals surface area contributed by atoms with Crippen molar-refractivity contribution in [3.63, 3.8) is 0 Å². The van der Waals surface area contributed by atoms with Gasteiger partial charge in [-0.2, -0.15) is 0 Å². The summed E-state index contributed by atoms with van der Waals surface area (Å²) in [5.74, 6) is 1.32. The number of amidine groups is 1. The lowest BCUT2D eigenvalue weighted by Gasteiger charge is -2.00. The van der Waals surface area contributed by atoms with Gasteiger partial charge in [-0.1, -0.05) is 18.7 Å². The standard InChI is InChI=1S/C6H12N6S/c1-2-3-12-5(9-10-11-12)4-13-6(7)8/h2-4H2,1H3,(H3,7,8). The van der Waals surface area contributed by atoms with Gasteiger partial charge < -0.3 is 5.73 Å². The highest BCUT2D eigenvalue weighted by Crippen LogP contribution is 2.07. The van der Waals surface area contributed by atoms with Crippen LogP contribution in [0.3, 0.4) is 0 Å². The van der Waals surface area contributed by atoms with E-state index in [1.807, 2.05) is 0 Å². The molecule has 0 aromatic carbocycles. The van der Waals surface area contributed by atoms with Crippen LogP contribution in [-0.2, 0) is 12.3 Å². The first kappa shape index (κ1) is 9.97. The normalized spacial score (nSPS) is 10.2. The molecular weight excluding hydrogens is 188 g/mol. The van der Waals surface area contributed by atoms with Crippen molar-refractivity contribution < 1.29 is 0 Å². The van der Waals surface area contributed by atoms with Gasteiger partial charge in [0.1, 0.15) is 0 Å². The van der Waals surface area contributed by atoms with E-state index in [1.54, 1.807) is 4.68 Å². The monoisotopic (exact) mass is 200 g/mol. The van der Waals surface area contributed by atoms with Gasteiger partial charge in [-0.3, -0.25) is 5.41 Å². The predicted molar refractivity (Wildman–Crippen MR) is 51.3 cm³/mol. The van der Waals surface area contributed by atoms with Crippen LogP contribution in [0.15, 0.2) is 0 Å². The number of tetrazole rings is 1. The van der Waals surface area contributed by atoms with Crippen molar-refractivity contribution in [1.82, 2.24) is 20.2 Å². The van der Waals surface area contributed by atoms with Gasteiger partial charge in [-0.05, 0) is 16.8 Å². The highest BCUT2D eigenvalue weighted by Gasteiger charge is 2.05. The minimum absolute atomic E-state index is 0.0889. The Morgan fingerprint density at radius 3 is 3.08 bits per heavy atom. The van der Waals surface area contributed by atoms with E-state index in [9.17, 15) is 0 Å². The molecule has 3 N–H and O–H groups in total. The number of nitrogens with zero attached hydrogens (tertiary/aromatic N) is 4. The Hall–Kier alpha value is -1.11. The van der Waals surface area contributed by atoms with Gasteiger partial charge in [0.15, 0.2) is 11.0 Å². The summed E-state index contributed by atoms with van der Waals surface area (Å²) >= 11 is 1.23. The molecule has 0 saturated carbocycles. The molecule has 0 saturated heterocycles. The smallest absolute Gasteiger partial charge is 0.161 e. The van der Waals surface area contributed by atoms with Crippen LogP contribution in [0.1, 0.15) is 19.2 Å². The lowest BCUT2D eigenvalue weighted by Crippen LogP contribution is -2.08. The average molecular weight is 200 g/mol. The van der Waals surface area contributed by atoms with Crippen LogP contribution in [0.4, 0.5) is 0 Å². The molecule has 1 aromatic heterocycles. The molecule has 0 bridgehead atoms. The van der Waals surface area contributed by atoms with E-state index >= 15 is 0 Å². The highest BCUT2D eigenvalue weighted by atomic mass is 32.2. The molecule has 0 aliphatic carbocycles. The Labute approximate surface area is 80.4 Å². The maximum atomic E-state index is 7.03. The fraction of sp³-hybridized carbons (Fsp3) is 0.667. The van der Waals surface area contributed by atoms with Gasteiger partial charge in [0.2, 0.25) is 0 Å². The molecule has 0 aliphatic rings. The van der Waals surface area contributed by atoms with Crippen molar-refractivity contribution in [3.8, 4) is 0 Å². The van der Waals surface area contributed by atoms with Crippen LogP contribution in [0, 0.1) is 5.41 Å². The van der Waals surface area contributed by atoms with Crippen LogP contribution < -0.4 is 5.73 Å². The van der Waals surface area contributed by atoms with Crippen LogP contribution >= 0.6 is 11.8 Å². The van der Waals surface area contributed by atoms with E-state index < -0.39 is 0 Å². The Bertz CT molecular complexity index is 282. The third-order valence-electron chi connectivity index (χ3n) is 1.40. The minimum Gasteiger partial charge on any atom is -0.379 e. The third-order valence-corrected chi connectivity index (χ3v) is 2.11. The lowest BCUT2D eigenvalue weighted by atomic mass is 10.5. The average Bonchev–Trinajstić information content (AvgIpc) is 2.49. The summed E-state index contributed by atoms with van der Waals surface area (Å²) in [5.41, 5.74) is 5.20. The second-order valence-electron chi connectivity index (χ2n) is 2.47. The summed E-state index contributed by atoms with van der Waals surface area (Å²) < 4.78 is 1.73. The Morgan fingerprint density at radius 1 is 1.69 bits per heavy atom. The Kier molecular flexibility index (Phi) is 3.69. The first-order chi connectivity index (χ1) is 6.24. The lowest BCUT2D eigenvalue weighted by molar-refractivity contribution is 0.564. The summed E-state index contributed by atoms with van der Waals surface area (Å²) in [4.78, 5) is 0. The van der Waals surface area contributed by atoms with Crippen molar-refractivity contribution in [1.29, 1.82) is 5.41 Å². The van der Waals surface area contributed by atoms with Gasteiger partial charge in [-0.15, -0.1) is 5.10 Å². The second kappa shape index (κ2) is 4.80. The summed E-state index contributed by atoms with van der Waals surface area (Å²) in [5, 5.41) is 18.3. The number of hydrogen-bond donors (Lipinski definition) is 2. The van der Waals surface area contributed by atoms with Crippen molar-refractivity contribution >= 4 is 16.9 Å². The SMILES string of the molecule is CCCn1nnnc1CSC(=N)N. The Morgan fingerprint density at radius 2 is 2.46 bits per heavy atom. The molecule has 0 aliphatic heterocycles. The van der Waals surface area contributed by atoms with E-state index in [0.717, 1.165) is 18.8 Å². The van der Waals surface area contributed by atoms with E-state index in [2.05, 4.69) is 22.4 Å². The summed E-state index contributed by atoms with van der Waals surface area (Å²) in [6.45, 7) is 2.87. The van der Waals surface area contributed by atoms with Gasteiger partial charge in [0, 0.05) is 6.54 Å². The van der Waals surface area contributed by atoms with E-state index in [0.29, 0.717) is 5.75 Å². The molecule has 0 fully saturated rings. The van der Waals surface area contributed by atoms with Crippen LogP contribution in [0.25, 0.3) is 0 Å². The molecule has 72 valence electrons. The molecule has 0 unspecified atom stereocenters. The zero-order valence-electron chi connectivity index (χ0n) is 7.40. The van der Waals surface area contributed by atoms with Gasteiger partial charge in [0.25, 0.3) is 0 Å². The van der Waals surface area contributed by atoms with Gasteiger partial charge in [-0.25, -0.2) is 4.68 Å².